The number of amides is 3. The second kappa shape index (κ2) is 12.1. The molecule has 0 aliphatic carbocycles. The summed E-state index contributed by atoms with van der Waals surface area (Å²) < 4.78 is 3.29. The molecule has 3 aromatic carbocycles. The maximum Gasteiger partial charge on any atom is 0.247 e. The van der Waals surface area contributed by atoms with Gasteiger partial charge in [-0.1, -0.05) is 58.7 Å². The highest BCUT2D eigenvalue weighted by Gasteiger charge is 2.39. The number of aromatic nitrogens is 5. The molecule has 0 bridgehead atoms. The van der Waals surface area contributed by atoms with Crippen LogP contribution in [0, 0.1) is 0 Å². The molecule has 3 amide bonds. The van der Waals surface area contributed by atoms with Crippen molar-refractivity contribution >= 4 is 86.7 Å². The van der Waals surface area contributed by atoms with Crippen LogP contribution in [-0.4, -0.2) is 90.1 Å². The summed E-state index contributed by atoms with van der Waals surface area (Å²) in [7, 11) is 6.18. The van der Waals surface area contributed by atoms with Crippen LogP contribution in [0.2, 0.25) is 10.2 Å². The lowest BCUT2D eigenvalue weighted by Crippen LogP contribution is -2.60. The van der Waals surface area contributed by atoms with Crippen molar-refractivity contribution in [3.8, 4) is 5.69 Å². The number of hydrogen-bond donors (Lipinski definition) is 1. The minimum Gasteiger partial charge on any atom is -0.324 e. The summed E-state index contributed by atoms with van der Waals surface area (Å²) in [6.07, 6.45) is 3.64. The summed E-state index contributed by atoms with van der Waals surface area (Å²) in [5.74, 6) is -1.18. The molecule has 224 valence electrons. The molecule has 1 N–H and O–H groups in total. The molecule has 5 aromatic rings. The Morgan fingerprint density at radius 1 is 0.933 bits per heavy atom. The monoisotopic (exact) mass is 638 g/mol. The quantitative estimate of drug-likeness (QED) is 0.252. The molecular weight excluding hydrogens is 612 g/mol. The molecule has 6 rings (SSSR count). The van der Waals surface area contributed by atoms with E-state index in [1.807, 2.05) is 53.3 Å². The minimum absolute atomic E-state index is 0.167. The van der Waals surface area contributed by atoms with Gasteiger partial charge < -0.3 is 10.2 Å². The largest absolute Gasteiger partial charge is 0.324 e. The molecule has 1 saturated heterocycles. The van der Waals surface area contributed by atoms with E-state index in [-0.39, 0.29) is 35.8 Å². The zero-order valence-corrected chi connectivity index (χ0v) is 26.3. The number of fused-ring (bicyclic) bond motifs is 1. The molecule has 0 saturated carbocycles. The van der Waals surface area contributed by atoms with E-state index in [0.29, 0.717) is 22.1 Å². The van der Waals surface area contributed by atoms with Gasteiger partial charge in [0.2, 0.25) is 17.7 Å². The molecule has 0 radical (unpaired) electrons. The van der Waals surface area contributed by atoms with Gasteiger partial charge >= 0.3 is 0 Å². The first kappa shape index (κ1) is 30.5. The van der Waals surface area contributed by atoms with E-state index in [9.17, 15) is 14.4 Å². The first-order chi connectivity index (χ1) is 21.5. The molecule has 16 heteroatoms. The van der Waals surface area contributed by atoms with E-state index in [1.54, 1.807) is 24.3 Å². The van der Waals surface area contributed by atoms with Crippen LogP contribution in [0.4, 0.5) is 11.4 Å². The first-order valence-corrected chi connectivity index (χ1v) is 15.0. The minimum atomic E-state index is -0.952. The van der Waals surface area contributed by atoms with Crippen LogP contribution in [0.1, 0.15) is 5.56 Å². The second-order valence-corrected chi connectivity index (χ2v) is 12.7. The highest BCUT2D eigenvalue weighted by atomic mass is 35.5. The van der Waals surface area contributed by atoms with E-state index in [4.69, 9.17) is 23.2 Å². The van der Waals surface area contributed by atoms with Crippen molar-refractivity contribution in [2.45, 2.75) is 17.7 Å². The van der Waals surface area contributed by atoms with Crippen molar-refractivity contribution in [2.75, 3.05) is 23.3 Å². The van der Waals surface area contributed by atoms with Gasteiger partial charge in [-0.05, 0) is 47.2 Å². The van der Waals surface area contributed by atoms with Crippen molar-refractivity contribution in [2.24, 2.45) is 0 Å². The molecule has 11 nitrogen and oxygen atoms in total. The summed E-state index contributed by atoms with van der Waals surface area (Å²) in [5, 5.41) is 16.6. The lowest BCUT2D eigenvalue weighted by Gasteiger charge is -2.38. The average molecular weight is 639 g/mol. The normalized spacial score (nSPS) is 14.6. The summed E-state index contributed by atoms with van der Waals surface area (Å²) in [6, 6.07) is 18.8. The van der Waals surface area contributed by atoms with E-state index < -0.39 is 17.9 Å². The molecule has 0 spiro atoms. The predicted molar refractivity (Wildman–Crippen MR) is 181 cm³/mol. The van der Waals surface area contributed by atoms with Gasteiger partial charge in [0.05, 0.1) is 23.1 Å². The Balaban J connectivity index is 1.28. The summed E-state index contributed by atoms with van der Waals surface area (Å²) in [4.78, 5) is 44.1. The molecule has 1 atom stereocenters. The standard InChI is InChI=1S/C29H27B3Cl2N8O3/c30-29(31,32)42-13-18-11-20(7-8-21(18)37-42)35-28(45)24(10-17-4-2-1-3-5-17)40-16-26(43)39(15-27(40)44)23-12-19(33)6-9-22(23)41-14-25(34)36-38-41/h1-9,11-14,24H,10,15-16,30-32H2,(H,35,45). The van der Waals surface area contributed by atoms with E-state index in [2.05, 4.69) is 44.3 Å². The van der Waals surface area contributed by atoms with Gasteiger partial charge in [-0.2, -0.15) is 5.10 Å². The Hall–Kier alpha value is -4.55. The highest BCUT2D eigenvalue weighted by molar-refractivity contribution is 6.56. The Morgan fingerprint density at radius 3 is 2.42 bits per heavy atom. The molecular formula is C29H27B3Cl2N8O3. The van der Waals surface area contributed by atoms with Gasteiger partial charge in [0.1, 0.15) is 42.7 Å². The van der Waals surface area contributed by atoms with Crippen LogP contribution in [0.5, 0.6) is 0 Å². The fourth-order valence-corrected chi connectivity index (χ4v) is 5.55. The number of benzene rings is 3. The fourth-order valence-electron chi connectivity index (χ4n) is 5.26. The van der Waals surface area contributed by atoms with Crippen LogP contribution in [0.15, 0.2) is 79.1 Å². The van der Waals surface area contributed by atoms with Crippen molar-refractivity contribution in [1.29, 1.82) is 0 Å². The summed E-state index contributed by atoms with van der Waals surface area (Å²) in [5.41, 5.74) is 3.05. The van der Waals surface area contributed by atoms with Gasteiger partial charge in [-0.15, -0.1) is 5.10 Å². The van der Waals surface area contributed by atoms with E-state index in [0.717, 1.165) is 16.5 Å². The zero-order chi connectivity index (χ0) is 31.9. The average Bonchev–Trinajstić information content (AvgIpc) is 3.63. The smallest absolute Gasteiger partial charge is 0.247 e. The van der Waals surface area contributed by atoms with Gasteiger partial charge in [0.25, 0.3) is 0 Å². The van der Waals surface area contributed by atoms with Crippen LogP contribution in [0.3, 0.4) is 0 Å². The van der Waals surface area contributed by atoms with Crippen LogP contribution in [0.25, 0.3) is 16.6 Å². The van der Waals surface area contributed by atoms with Gasteiger partial charge in [-0.25, -0.2) is 4.68 Å². The van der Waals surface area contributed by atoms with Crippen LogP contribution < -0.4 is 10.2 Å². The number of halogens is 2. The molecule has 1 aliphatic rings. The van der Waals surface area contributed by atoms with Crippen LogP contribution >= 0.6 is 23.2 Å². The zero-order valence-electron chi connectivity index (χ0n) is 24.8. The third-order valence-electron chi connectivity index (χ3n) is 7.57. The topological polar surface area (TPSA) is 118 Å². The van der Waals surface area contributed by atoms with Gasteiger partial charge in [0.15, 0.2) is 5.15 Å². The number of carbonyl (C=O) groups is 3. The number of anilines is 2. The molecule has 3 heterocycles. The molecule has 1 aliphatic heterocycles. The summed E-state index contributed by atoms with van der Waals surface area (Å²) >= 11 is 12.3. The van der Waals surface area contributed by atoms with Gasteiger partial charge in [0, 0.05) is 28.7 Å². The number of carbonyl (C=O) groups excluding carboxylic acids is 3. The Labute approximate surface area is 271 Å². The third kappa shape index (κ3) is 6.48. The Kier molecular flexibility index (Phi) is 8.19. The number of piperazine rings is 1. The molecule has 2 aromatic heterocycles. The van der Waals surface area contributed by atoms with Gasteiger partial charge in [-0.3, -0.25) is 24.0 Å². The van der Waals surface area contributed by atoms with Crippen molar-refractivity contribution < 1.29 is 14.4 Å². The Bertz CT molecular complexity index is 1930. The summed E-state index contributed by atoms with van der Waals surface area (Å²) in [6.45, 7) is -0.615. The van der Waals surface area contributed by atoms with Crippen molar-refractivity contribution in [3.63, 3.8) is 0 Å². The number of nitrogens with one attached hydrogen (secondary N) is 1. The lowest BCUT2D eigenvalue weighted by molar-refractivity contribution is -0.143. The second-order valence-electron chi connectivity index (χ2n) is 11.8. The van der Waals surface area contributed by atoms with Crippen molar-refractivity contribution in [1.82, 2.24) is 29.7 Å². The number of hydrogen-bond acceptors (Lipinski definition) is 6. The SMILES string of the molecule is BC(B)(B)n1cc2cc(NC(=O)C(Cc3ccccc3)N3CC(=O)N(c4cc(Cl)ccc4-n4cc(Cl)nn4)CC3=O)ccc2n1. The van der Waals surface area contributed by atoms with E-state index in [1.165, 1.54) is 20.7 Å². The molecule has 45 heavy (non-hydrogen) atoms. The molecule has 1 fully saturated rings. The maximum absolute atomic E-state index is 13.9. The Morgan fingerprint density at radius 2 is 1.71 bits per heavy atom. The fraction of sp³-hybridized carbons (Fsp3) is 0.172. The maximum atomic E-state index is 13.9. The third-order valence-corrected chi connectivity index (χ3v) is 7.98. The predicted octanol–water partition coefficient (Wildman–Crippen LogP) is 0.816. The highest BCUT2D eigenvalue weighted by Crippen LogP contribution is 2.30. The number of rotatable bonds is 8. The van der Waals surface area contributed by atoms with Crippen LogP contribution in [-0.2, 0) is 26.0 Å². The lowest BCUT2D eigenvalue weighted by atomic mass is 9.49. The van der Waals surface area contributed by atoms with E-state index >= 15 is 0 Å². The molecule has 1 unspecified atom stereocenters. The van der Waals surface area contributed by atoms with Crippen molar-refractivity contribution in [3.05, 3.63) is 94.9 Å². The first-order valence-electron chi connectivity index (χ1n) is 14.3. The number of nitrogens with zero attached hydrogens (tertiary/aromatic N) is 7.